The summed E-state index contributed by atoms with van der Waals surface area (Å²) in [6, 6.07) is 13.1. The Morgan fingerprint density at radius 3 is 2.78 bits per heavy atom. The quantitative estimate of drug-likeness (QED) is 0.642. The number of hydrogen-bond acceptors (Lipinski definition) is 6. The molecule has 6 nitrogen and oxygen atoms in total. The summed E-state index contributed by atoms with van der Waals surface area (Å²) in [5.74, 6) is 0.455. The Labute approximate surface area is 169 Å². The molecule has 0 aliphatic carbocycles. The maximum atomic E-state index is 12.2. The number of nitrogens with one attached hydrogen (secondary N) is 1. The van der Waals surface area contributed by atoms with Crippen molar-refractivity contribution in [3.8, 4) is 5.75 Å². The molecule has 0 bridgehead atoms. The SMILES string of the molecule is O=C(COc1ccc(Br)cc1)Nc1ccc2nc(N3CCOCC3)sc2c1. The van der Waals surface area contributed by atoms with Crippen LogP contribution in [0.1, 0.15) is 0 Å². The molecule has 1 aliphatic heterocycles. The monoisotopic (exact) mass is 447 g/mol. The molecule has 0 saturated carbocycles. The van der Waals surface area contributed by atoms with E-state index in [0.717, 1.165) is 51.8 Å². The molecule has 4 rings (SSSR count). The number of nitrogens with zero attached hydrogens (tertiary/aromatic N) is 2. The Morgan fingerprint density at radius 2 is 2.00 bits per heavy atom. The molecule has 27 heavy (non-hydrogen) atoms. The molecule has 140 valence electrons. The predicted octanol–water partition coefficient (Wildman–Crippen LogP) is 3.91. The predicted molar refractivity (Wildman–Crippen MR) is 111 cm³/mol. The zero-order chi connectivity index (χ0) is 18.6. The third-order valence-electron chi connectivity index (χ3n) is 4.13. The number of thiazole rings is 1. The number of benzene rings is 2. The maximum absolute atomic E-state index is 12.2. The first kappa shape index (κ1) is 18.2. The number of ether oxygens (including phenoxy) is 2. The number of fused-ring (bicyclic) bond motifs is 1. The lowest BCUT2D eigenvalue weighted by molar-refractivity contribution is -0.118. The van der Waals surface area contributed by atoms with Gasteiger partial charge in [0.05, 0.1) is 23.4 Å². The number of carbonyl (C=O) groups is 1. The number of rotatable bonds is 5. The van der Waals surface area contributed by atoms with Crippen LogP contribution in [0.4, 0.5) is 10.8 Å². The van der Waals surface area contributed by atoms with Crippen molar-refractivity contribution in [2.45, 2.75) is 0 Å². The van der Waals surface area contributed by atoms with Crippen LogP contribution in [0.5, 0.6) is 5.75 Å². The number of carbonyl (C=O) groups excluding carboxylic acids is 1. The average Bonchev–Trinajstić information content (AvgIpc) is 3.12. The van der Waals surface area contributed by atoms with Crippen molar-refractivity contribution in [1.29, 1.82) is 0 Å². The molecule has 1 aliphatic rings. The molecule has 0 atom stereocenters. The first-order valence-electron chi connectivity index (χ1n) is 8.59. The second-order valence-corrected chi connectivity index (χ2v) is 7.99. The van der Waals surface area contributed by atoms with Crippen LogP contribution >= 0.6 is 27.3 Å². The molecule has 0 spiro atoms. The van der Waals surface area contributed by atoms with E-state index in [1.165, 1.54) is 0 Å². The zero-order valence-electron chi connectivity index (χ0n) is 14.5. The summed E-state index contributed by atoms with van der Waals surface area (Å²) >= 11 is 5.00. The Bertz CT molecular complexity index is 939. The van der Waals surface area contributed by atoms with Gasteiger partial charge in [0.25, 0.3) is 5.91 Å². The van der Waals surface area contributed by atoms with Crippen LogP contribution in [0, 0.1) is 0 Å². The molecule has 1 fully saturated rings. The highest BCUT2D eigenvalue weighted by molar-refractivity contribution is 9.10. The molecule has 1 aromatic heterocycles. The molecule has 8 heteroatoms. The molecular formula is C19H18BrN3O3S. The van der Waals surface area contributed by atoms with Gasteiger partial charge in [0.15, 0.2) is 11.7 Å². The summed E-state index contributed by atoms with van der Waals surface area (Å²) < 4.78 is 12.9. The van der Waals surface area contributed by atoms with Crippen molar-refractivity contribution >= 4 is 54.2 Å². The normalized spacial score (nSPS) is 14.3. The largest absolute Gasteiger partial charge is 0.484 e. The average molecular weight is 448 g/mol. The molecule has 3 aromatic rings. The summed E-state index contributed by atoms with van der Waals surface area (Å²) in [5, 5.41) is 3.87. The van der Waals surface area contributed by atoms with E-state index in [9.17, 15) is 4.79 Å². The van der Waals surface area contributed by atoms with E-state index >= 15 is 0 Å². The molecule has 1 saturated heterocycles. The second kappa shape index (κ2) is 8.24. The van der Waals surface area contributed by atoms with Crippen molar-refractivity contribution in [2.75, 3.05) is 43.1 Å². The lowest BCUT2D eigenvalue weighted by Crippen LogP contribution is -2.36. The van der Waals surface area contributed by atoms with Crippen molar-refractivity contribution in [3.63, 3.8) is 0 Å². The number of halogens is 1. The summed E-state index contributed by atoms with van der Waals surface area (Å²) in [5.41, 5.74) is 1.68. The minimum Gasteiger partial charge on any atom is -0.484 e. The fourth-order valence-electron chi connectivity index (χ4n) is 2.76. The van der Waals surface area contributed by atoms with Crippen LogP contribution in [0.3, 0.4) is 0 Å². The van der Waals surface area contributed by atoms with Gasteiger partial charge in [-0.2, -0.15) is 0 Å². The third-order valence-corrected chi connectivity index (χ3v) is 5.73. The van der Waals surface area contributed by atoms with Crippen LogP contribution in [-0.2, 0) is 9.53 Å². The Morgan fingerprint density at radius 1 is 1.22 bits per heavy atom. The summed E-state index contributed by atoms with van der Waals surface area (Å²) in [6.07, 6.45) is 0. The van der Waals surface area contributed by atoms with Crippen molar-refractivity contribution in [2.24, 2.45) is 0 Å². The lowest BCUT2D eigenvalue weighted by atomic mass is 10.3. The van der Waals surface area contributed by atoms with Gasteiger partial charge >= 0.3 is 0 Å². The Kier molecular flexibility index (Phi) is 5.56. The number of hydrogen-bond donors (Lipinski definition) is 1. The van der Waals surface area contributed by atoms with E-state index in [1.54, 1.807) is 11.3 Å². The summed E-state index contributed by atoms with van der Waals surface area (Å²) in [6.45, 7) is 3.14. The summed E-state index contributed by atoms with van der Waals surface area (Å²) in [7, 11) is 0. The standard InChI is InChI=1S/C19H18BrN3O3S/c20-13-1-4-15(5-2-13)26-12-18(24)21-14-3-6-16-17(11-14)27-19(22-16)23-7-9-25-10-8-23/h1-6,11H,7-10,12H2,(H,21,24). The third kappa shape index (κ3) is 4.58. The van der Waals surface area contributed by atoms with Gasteiger partial charge in [0.2, 0.25) is 0 Å². The van der Waals surface area contributed by atoms with E-state index in [-0.39, 0.29) is 12.5 Å². The fraction of sp³-hybridized carbons (Fsp3) is 0.263. The number of aromatic nitrogens is 1. The van der Waals surface area contributed by atoms with E-state index in [4.69, 9.17) is 9.47 Å². The molecule has 0 unspecified atom stereocenters. The highest BCUT2D eigenvalue weighted by atomic mass is 79.9. The van der Waals surface area contributed by atoms with Crippen LogP contribution < -0.4 is 15.0 Å². The number of anilines is 2. The first-order valence-corrected chi connectivity index (χ1v) is 10.2. The van der Waals surface area contributed by atoms with E-state index in [0.29, 0.717) is 5.75 Å². The second-order valence-electron chi connectivity index (χ2n) is 6.07. The Balaban J connectivity index is 1.39. The van der Waals surface area contributed by atoms with Crippen molar-refractivity contribution in [3.05, 3.63) is 46.9 Å². The molecule has 2 heterocycles. The lowest BCUT2D eigenvalue weighted by Gasteiger charge is -2.25. The van der Waals surface area contributed by atoms with Crippen LogP contribution in [-0.4, -0.2) is 43.8 Å². The maximum Gasteiger partial charge on any atom is 0.262 e. The van der Waals surface area contributed by atoms with Gasteiger partial charge in [-0.05, 0) is 42.5 Å². The van der Waals surface area contributed by atoms with Gasteiger partial charge in [0.1, 0.15) is 5.75 Å². The van der Waals surface area contributed by atoms with Gasteiger partial charge in [-0.15, -0.1) is 0 Å². The van der Waals surface area contributed by atoms with Gasteiger partial charge in [-0.3, -0.25) is 4.79 Å². The van der Waals surface area contributed by atoms with Gasteiger partial charge in [-0.1, -0.05) is 27.3 Å². The van der Waals surface area contributed by atoms with E-state index in [2.05, 4.69) is 31.1 Å². The molecule has 2 aromatic carbocycles. The topological polar surface area (TPSA) is 63.7 Å². The van der Waals surface area contributed by atoms with E-state index in [1.807, 2.05) is 42.5 Å². The van der Waals surface area contributed by atoms with Gasteiger partial charge in [0, 0.05) is 23.2 Å². The summed E-state index contributed by atoms with van der Waals surface area (Å²) in [4.78, 5) is 19.1. The van der Waals surface area contributed by atoms with E-state index < -0.39 is 0 Å². The number of morpholine rings is 1. The number of amides is 1. The minimum atomic E-state index is -0.199. The minimum absolute atomic E-state index is 0.0403. The van der Waals surface area contributed by atoms with Gasteiger partial charge < -0.3 is 19.7 Å². The molecule has 0 radical (unpaired) electrons. The van der Waals surface area contributed by atoms with Crippen LogP contribution in [0.2, 0.25) is 0 Å². The zero-order valence-corrected chi connectivity index (χ0v) is 16.9. The Hall–Kier alpha value is -2.16. The highest BCUT2D eigenvalue weighted by Crippen LogP contribution is 2.31. The first-order chi connectivity index (χ1) is 13.2. The highest BCUT2D eigenvalue weighted by Gasteiger charge is 2.15. The molecule has 1 N–H and O–H groups in total. The smallest absolute Gasteiger partial charge is 0.262 e. The fourth-order valence-corrected chi connectivity index (χ4v) is 4.08. The molecular weight excluding hydrogens is 430 g/mol. The van der Waals surface area contributed by atoms with Crippen molar-refractivity contribution in [1.82, 2.24) is 4.98 Å². The molecule has 1 amide bonds. The van der Waals surface area contributed by atoms with Gasteiger partial charge in [-0.25, -0.2) is 4.98 Å². The van der Waals surface area contributed by atoms with Crippen LogP contribution in [0.25, 0.3) is 10.2 Å². The van der Waals surface area contributed by atoms with Crippen molar-refractivity contribution < 1.29 is 14.3 Å². The van der Waals surface area contributed by atoms with Crippen LogP contribution in [0.15, 0.2) is 46.9 Å².